The number of allylic oxidation sites excluding steroid dienone is 10. The zero-order chi connectivity index (χ0) is 57.8. The maximum atomic E-state index is 12.9. The summed E-state index contributed by atoms with van der Waals surface area (Å²) in [5, 5.41) is 0. The van der Waals surface area contributed by atoms with Gasteiger partial charge in [0.2, 0.25) is 0 Å². The van der Waals surface area contributed by atoms with Crippen LogP contribution in [-0.2, 0) is 28.6 Å². The molecule has 1 atom stereocenters. The molecular weight excluding hydrogens is 985 g/mol. The molecular formula is C74H134O6. The molecule has 1 unspecified atom stereocenters. The zero-order valence-corrected chi connectivity index (χ0v) is 53.6. The summed E-state index contributed by atoms with van der Waals surface area (Å²) < 4.78 is 17.0. The van der Waals surface area contributed by atoms with Gasteiger partial charge in [0.1, 0.15) is 13.2 Å². The molecule has 0 aliphatic carbocycles. The van der Waals surface area contributed by atoms with Crippen LogP contribution < -0.4 is 0 Å². The number of hydrogen-bond acceptors (Lipinski definition) is 6. The molecule has 6 heteroatoms. The molecule has 0 fully saturated rings. The zero-order valence-electron chi connectivity index (χ0n) is 53.6. The molecule has 466 valence electrons. The molecule has 0 spiro atoms. The van der Waals surface area contributed by atoms with Gasteiger partial charge < -0.3 is 14.2 Å². The van der Waals surface area contributed by atoms with E-state index < -0.39 is 6.10 Å². The molecule has 0 aliphatic rings. The summed E-state index contributed by atoms with van der Waals surface area (Å²) in [6, 6.07) is 0. The van der Waals surface area contributed by atoms with Crippen LogP contribution in [0.25, 0.3) is 0 Å². The molecule has 0 N–H and O–H groups in total. The van der Waals surface area contributed by atoms with Gasteiger partial charge >= 0.3 is 17.9 Å². The van der Waals surface area contributed by atoms with Crippen LogP contribution in [-0.4, -0.2) is 37.2 Å². The number of rotatable bonds is 65. The molecule has 0 saturated heterocycles. The fraction of sp³-hybridized carbons (Fsp3) is 0.824. The average Bonchev–Trinajstić information content (AvgIpc) is 3.46. The highest BCUT2D eigenvalue weighted by Gasteiger charge is 2.19. The second kappa shape index (κ2) is 68.6. The first-order valence-corrected chi connectivity index (χ1v) is 35.3. The highest BCUT2D eigenvalue weighted by molar-refractivity contribution is 5.71. The fourth-order valence-corrected chi connectivity index (χ4v) is 10.4. The third-order valence-corrected chi connectivity index (χ3v) is 15.7. The number of ether oxygens (including phenoxy) is 3. The summed E-state index contributed by atoms with van der Waals surface area (Å²) >= 11 is 0. The van der Waals surface area contributed by atoms with E-state index in [9.17, 15) is 14.4 Å². The number of hydrogen-bond donors (Lipinski definition) is 0. The molecule has 6 nitrogen and oxygen atoms in total. The van der Waals surface area contributed by atoms with Crippen LogP contribution in [0.2, 0.25) is 0 Å². The molecule has 80 heavy (non-hydrogen) atoms. The van der Waals surface area contributed by atoms with Crippen molar-refractivity contribution in [3.8, 4) is 0 Å². The third-order valence-electron chi connectivity index (χ3n) is 15.7. The summed E-state index contributed by atoms with van der Waals surface area (Å²) in [7, 11) is 0. The standard InChI is InChI=1S/C74H134O6/c1-4-7-10-13-16-19-22-25-28-31-32-33-34-35-36-37-38-39-40-41-42-44-46-49-52-55-58-61-64-67-73(76)79-70-71(69-78-72(75)66-63-60-57-54-51-48-45-30-27-24-21-18-15-12-9-6-3)80-74(77)68-65-62-59-56-53-50-47-43-29-26-23-20-17-14-11-8-5-2/h17,20,22,25-26,29,31-32,34-35,71H,4-16,18-19,21,23-24,27-28,30,33,36-70H2,1-3H3/b20-17-,25-22-,29-26-,32-31-,35-34-. The molecule has 0 saturated carbocycles. The van der Waals surface area contributed by atoms with Crippen molar-refractivity contribution in [3.63, 3.8) is 0 Å². The highest BCUT2D eigenvalue weighted by atomic mass is 16.6. The second-order valence-electron chi connectivity index (χ2n) is 23.8. The highest BCUT2D eigenvalue weighted by Crippen LogP contribution is 2.18. The number of esters is 3. The van der Waals surface area contributed by atoms with E-state index in [-0.39, 0.29) is 31.1 Å². The van der Waals surface area contributed by atoms with E-state index in [1.165, 1.54) is 250 Å². The van der Waals surface area contributed by atoms with Crippen molar-refractivity contribution in [1.29, 1.82) is 0 Å². The predicted octanol–water partition coefficient (Wildman–Crippen LogP) is 24.3. The van der Waals surface area contributed by atoms with Gasteiger partial charge in [-0.2, -0.15) is 0 Å². The number of unbranched alkanes of at least 4 members (excludes halogenated alkanes) is 44. The van der Waals surface area contributed by atoms with Gasteiger partial charge in [0, 0.05) is 19.3 Å². The van der Waals surface area contributed by atoms with Crippen LogP contribution in [0.15, 0.2) is 60.8 Å². The first-order valence-electron chi connectivity index (χ1n) is 35.3. The molecule has 0 bridgehead atoms. The minimum absolute atomic E-state index is 0.0729. The smallest absolute Gasteiger partial charge is 0.306 e. The van der Waals surface area contributed by atoms with Crippen LogP contribution in [0.3, 0.4) is 0 Å². The molecule has 0 aromatic carbocycles. The predicted molar refractivity (Wildman–Crippen MR) is 348 cm³/mol. The molecule has 0 heterocycles. The minimum Gasteiger partial charge on any atom is -0.462 e. The first kappa shape index (κ1) is 77.1. The van der Waals surface area contributed by atoms with Crippen molar-refractivity contribution in [1.82, 2.24) is 0 Å². The number of carbonyl (C=O) groups excluding carboxylic acids is 3. The Morgan fingerprint density at radius 2 is 0.450 bits per heavy atom. The van der Waals surface area contributed by atoms with E-state index in [1.54, 1.807) is 0 Å². The van der Waals surface area contributed by atoms with Crippen molar-refractivity contribution in [2.24, 2.45) is 0 Å². The van der Waals surface area contributed by atoms with Crippen LogP contribution in [0, 0.1) is 0 Å². The molecule has 0 aliphatic heterocycles. The number of carbonyl (C=O) groups is 3. The largest absolute Gasteiger partial charge is 0.462 e. The average molecular weight is 1120 g/mol. The summed E-state index contributed by atoms with van der Waals surface area (Å²) in [6.07, 6.45) is 88.1. The Balaban J connectivity index is 4.25. The Morgan fingerprint density at radius 1 is 0.250 bits per heavy atom. The van der Waals surface area contributed by atoms with Gasteiger partial charge in [-0.25, -0.2) is 0 Å². The van der Waals surface area contributed by atoms with Gasteiger partial charge in [-0.1, -0.05) is 326 Å². The lowest BCUT2D eigenvalue weighted by atomic mass is 10.0. The van der Waals surface area contributed by atoms with Gasteiger partial charge in [0.05, 0.1) is 0 Å². The van der Waals surface area contributed by atoms with E-state index in [0.29, 0.717) is 19.3 Å². The van der Waals surface area contributed by atoms with Crippen LogP contribution in [0.4, 0.5) is 0 Å². The van der Waals surface area contributed by atoms with Gasteiger partial charge in [0.25, 0.3) is 0 Å². The Kier molecular flexibility index (Phi) is 66.1. The maximum absolute atomic E-state index is 12.9. The Morgan fingerprint density at radius 3 is 0.725 bits per heavy atom. The van der Waals surface area contributed by atoms with Crippen molar-refractivity contribution in [2.75, 3.05) is 13.2 Å². The Bertz CT molecular complexity index is 1430. The summed E-state index contributed by atoms with van der Waals surface area (Å²) in [5.74, 6) is -0.857. The normalized spacial score (nSPS) is 12.4. The first-order chi connectivity index (χ1) is 39.5. The quantitative estimate of drug-likeness (QED) is 0.0261. The molecule has 0 aromatic heterocycles. The second-order valence-corrected chi connectivity index (χ2v) is 23.8. The van der Waals surface area contributed by atoms with Gasteiger partial charge in [-0.15, -0.1) is 0 Å². The molecule has 0 aromatic rings. The van der Waals surface area contributed by atoms with Crippen LogP contribution in [0.5, 0.6) is 0 Å². The lowest BCUT2D eigenvalue weighted by Gasteiger charge is -2.18. The van der Waals surface area contributed by atoms with E-state index in [0.717, 1.165) is 83.5 Å². The summed E-state index contributed by atoms with van der Waals surface area (Å²) in [6.45, 7) is 6.66. The monoisotopic (exact) mass is 1120 g/mol. The van der Waals surface area contributed by atoms with Crippen molar-refractivity contribution in [2.45, 2.75) is 380 Å². The fourth-order valence-electron chi connectivity index (χ4n) is 10.4. The van der Waals surface area contributed by atoms with Crippen molar-refractivity contribution < 1.29 is 28.6 Å². The van der Waals surface area contributed by atoms with Crippen LogP contribution in [0.1, 0.15) is 374 Å². The van der Waals surface area contributed by atoms with E-state index in [4.69, 9.17) is 14.2 Å². The van der Waals surface area contributed by atoms with Crippen molar-refractivity contribution in [3.05, 3.63) is 60.8 Å². The maximum Gasteiger partial charge on any atom is 0.306 e. The van der Waals surface area contributed by atoms with E-state index in [2.05, 4.69) is 81.5 Å². The SMILES string of the molecule is CCCCC/C=C\C/C=C\CCCCCCCCCC(=O)OC(COC(=O)CCCCCCCCCCCCCCCC/C=C\C/C=C\C/C=C\CCCCCCC)COC(=O)CCCCCCCCCCCCCCCCCC. The third kappa shape index (κ3) is 65.9. The molecule has 0 amide bonds. The van der Waals surface area contributed by atoms with Gasteiger partial charge in [0.15, 0.2) is 6.10 Å². The van der Waals surface area contributed by atoms with E-state index >= 15 is 0 Å². The topological polar surface area (TPSA) is 78.9 Å². The summed E-state index contributed by atoms with van der Waals surface area (Å²) in [4.78, 5) is 38.4. The van der Waals surface area contributed by atoms with Crippen molar-refractivity contribution >= 4 is 17.9 Å². The van der Waals surface area contributed by atoms with Gasteiger partial charge in [-0.05, 0) is 89.9 Å². The molecule has 0 rings (SSSR count). The lowest BCUT2D eigenvalue weighted by molar-refractivity contribution is -0.167. The Hall–Kier alpha value is -2.89. The van der Waals surface area contributed by atoms with Gasteiger partial charge in [-0.3, -0.25) is 14.4 Å². The van der Waals surface area contributed by atoms with E-state index in [1.807, 2.05) is 0 Å². The molecule has 0 radical (unpaired) electrons. The summed E-state index contributed by atoms with van der Waals surface area (Å²) in [5.41, 5.74) is 0. The minimum atomic E-state index is -0.778. The Labute approximate surface area is 498 Å². The lowest BCUT2D eigenvalue weighted by Crippen LogP contribution is -2.30. The van der Waals surface area contributed by atoms with Crippen LogP contribution >= 0.6 is 0 Å².